The third-order valence-corrected chi connectivity index (χ3v) is 6.49. The van der Waals surface area contributed by atoms with Gasteiger partial charge in [0.15, 0.2) is 0 Å². The first-order chi connectivity index (χ1) is 16.1. The summed E-state index contributed by atoms with van der Waals surface area (Å²) in [6.45, 7) is 8.69. The number of nitrogens with one attached hydrogen (secondary N) is 1. The van der Waals surface area contributed by atoms with Crippen molar-refractivity contribution in [2.75, 3.05) is 18.0 Å². The van der Waals surface area contributed by atoms with Gasteiger partial charge in [-0.15, -0.1) is 0 Å². The first kappa shape index (κ1) is 21.2. The highest BCUT2D eigenvalue weighted by Crippen LogP contribution is 2.41. The average molecular weight is 458 g/mol. The van der Waals surface area contributed by atoms with Crippen LogP contribution >= 0.6 is 11.6 Å². The molecule has 5 rings (SSSR count). The largest absolute Gasteiger partial charge is 0.356 e. The number of nitrogens with zero attached hydrogens (tertiary/aromatic N) is 4. The number of piperidine rings is 1. The molecule has 2 atom stereocenters. The quantitative estimate of drug-likeness (QED) is 0.351. The van der Waals surface area contributed by atoms with Gasteiger partial charge in [0.2, 0.25) is 5.69 Å². The van der Waals surface area contributed by atoms with E-state index in [0.717, 1.165) is 47.8 Å². The molecule has 2 aromatic heterocycles. The minimum atomic E-state index is -0.245. The Morgan fingerprint density at radius 2 is 1.82 bits per heavy atom. The van der Waals surface area contributed by atoms with E-state index in [9.17, 15) is 4.39 Å². The fourth-order valence-corrected chi connectivity index (χ4v) is 4.63. The molecular weight excluding hydrogens is 437 g/mol. The molecule has 1 aliphatic rings. The van der Waals surface area contributed by atoms with Gasteiger partial charge in [-0.1, -0.05) is 41.9 Å². The monoisotopic (exact) mass is 457 g/mol. The lowest BCUT2D eigenvalue weighted by Gasteiger charge is -2.39. The standard InChI is InChI=1S/C26H21ClFN5/c1-29-21-10-11-26(30-15-21)33-13-12-22(23(16-33)17-4-8-20(28)9-5-17)25-14-24(31-32-25)18-2-6-19(27)7-3-18/h2-11,14-15,22-23H,12-13,16H2,(H,31,32)/t22-,23+/m1/s1. The first-order valence-electron chi connectivity index (χ1n) is 10.8. The van der Waals surface area contributed by atoms with E-state index in [1.54, 1.807) is 12.3 Å². The van der Waals surface area contributed by atoms with E-state index < -0.39 is 0 Å². The van der Waals surface area contributed by atoms with Crippen LogP contribution < -0.4 is 4.90 Å². The highest BCUT2D eigenvalue weighted by molar-refractivity contribution is 6.30. The Morgan fingerprint density at radius 1 is 1.03 bits per heavy atom. The van der Waals surface area contributed by atoms with E-state index in [0.29, 0.717) is 10.7 Å². The zero-order valence-corrected chi connectivity index (χ0v) is 18.5. The summed E-state index contributed by atoms with van der Waals surface area (Å²) in [6.07, 6.45) is 2.49. The minimum absolute atomic E-state index is 0.125. The average Bonchev–Trinajstić information content (AvgIpc) is 3.35. The highest BCUT2D eigenvalue weighted by Gasteiger charge is 2.33. The van der Waals surface area contributed by atoms with E-state index in [1.807, 2.05) is 42.5 Å². The second kappa shape index (κ2) is 9.05. The van der Waals surface area contributed by atoms with E-state index in [4.69, 9.17) is 18.2 Å². The van der Waals surface area contributed by atoms with E-state index in [2.05, 4.69) is 31.0 Å². The summed E-state index contributed by atoms with van der Waals surface area (Å²) < 4.78 is 13.6. The molecule has 0 amide bonds. The summed E-state index contributed by atoms with van der Waals surface area (Å²) in [5, 5.41) is 8.48. The van der Waals surface area contributed by atoms with Gasteiger partial charge >= 0.3 is 0 Å². The maximum Gasteiger partial charge on any atom is 0.205 e. The summed E-state index contributed by atoms with van der Waals surface area (Å²) in [5.41, 5.74) is 4.53. The molecule has 1 saturated heterocycles. The lowest BCUT2D eigenvalue weighted by molar-refractivity contribution is 0.432. The summed E-state index contributed by atoms with van der Waals surface area (Å²) >= 11 is 6.03. The van der Waals surface area contributed by atoms with Gasteiger partial charge in [0.05, 0.1) is 12.3 Å². The molecule has 33 heavy (non-hydrogen) atoms. The first-order valence-corrected chi connectivity index (χ1v) is 11.1. The Morgan fingerprint density at radius 3 is 2.52 bits per heavy atom. The smallest absolute Gasteiger partial charge is 0.205 e. The predicted molar refractivity (Wildman–Crippen MR) is 128 cm³/mol. The molecule has 0 bridgehead atoms. The van der Waals surface area contributed by atoms with Crippen LogP contribution in [0.3, 0.4) is 0 Å². The topological polar surface area (TPSA) is 49.2 Å². The number of H-pyrrole nitrogens is 1. The van der Waals surface area contributed by atoms with Crippen LogP contribution in [0.25, 0.3) is 16.1 Å². The molecule has 0 radical (unpaired) electrons. The maximum atomic E-state index is 13.6. The normalized spacial score (nSPS) is 18.2. The van der Waals surface area contributed by atoms with Crippen molar-refractivity contribution in [2.45, 2.75) is 18.3 Å². The lowest BCUT2D eigenvalue weighted by Crippen LogP contribution is -2.39. The number of aromatic amines is 1. The number of aromatic nitrogens is 3. The minimum Gasteiger partial charge on any atom is -0.356 e. The van der Waals surface area contributed by atoms with E-state index in [-0.39, 0.29) is 17.7 Å². The van der Waals surface area contributed by atoms with E-state index >= 15 is 0 Å². The van der Waals surface area contributed by atoms with Crippen LogP contribution in [-0.2, 0) is 0 Å². The van der Waals surface area contributed by atoms with Crippen molar-refractivity contribution in [2.24, 2.45) is 0 Å². The van der Waals surface area contributed by atoms with Gasteiger partial charge in [-0.25, -0.2) is 9.24 Å². The summed E-state index contributed by atoms with van der Waals surface area (Å²) in [5.74, 6) is 0.924. The third-order valence-electron chi connectivity index (χ3n) is 6.23. The van der Waals surface area contributed by atoms with Gasteiger partial charge < -0.3 is 4.90 Å². The highest BCUT2D eigenvalue weighted by atomic mass is 35.5. The van der Waals surface area contributed by atoms with Crippen molar-refractivity contribution in [3.8, 4) is 11.3 Å². The predicted octanol–water partition coefficient (Wildman–Crippen LogP) is 6.59. The van der Waals surface area contributed by atoms with Crippen LogP contribution in [0.2, 0.25) is 5.02 Å². The van der Waals surface area contributed by atoms with Crippen molar-refractivity contribution >= 4 is 23.1 Å². The number of anilines is 1. The molecule has 5 nitrogen and oxygen atoms in total. The van der Waals surface area contributed by atoms with Crippen LogP contribution in [0, 0.1) is 12.4 Å². The van der Waals surface area contributed by atoms with Crippen LogP contribution in [0.5, 0.6) is 0 Å². The molecule has 4 aromatic rings. The molecule has 7 heteroatoms. The lowest BCUT2D eigenvalue weighted by atomic mass is 9.78. The van der Waals surface area contributed by atoms with Crippen LogP contribution in [0.15, 0.2) is 72.9 Å². The fourth-order valence-electron chi connectivity index (χ4n) is 4.51. The zero-order chi connectivity index (χ0) is 22.8. The molecule has 0 saturated carbocycles. The SMILES string of the molecule is [C-]#[N+]c1ccc(N2CC[C@@H](c3cc(-c4ccc(Cl)cc4)n[nH]3)[C@H](c3ccc(F)cc3)C2)nc1. The second-order valence-corrected chi connectivity index (χ2v) is 8.64. The van der Waals surface area contributed by atoms with Gasteiger partial charge in [-0.3, -0.25) is 10.1 Å². The van der Waals surface area contributed by atoms with Crippen molar-refractivity contribution in [3.05, 3.63) is 106 Å². The van der Waals surface area contributed by atoms with Gasteiger partial charge in [0, 0.05) is 47.4 Å². The third kappa shape index (κ3) is 4.46. The molecule has 3 heterocycles. The Kier molecular flexibility index (Phi) is 5.80. The van der Waals surface area contributed by atoms with Crippen LogP contribution in [0.4, 0.5) is 15.9 Å². The number of halogens is 2. The van der Waals surface area contributed by atoms with Gasteiger partial charge in [0.25, 0.3) is 0 Å². The summed E-state index contributed by atoms with van der Waals surface area (Å²) in [6, 6.07) is 20.2. The van der Waals surface area contributed by atoms with Crippen molar-refractivity contribution in [3.63, 3.8) is 0 Å². The van der Waals surface area contributed by atoms with Crippen LogP contribution in [0.1, 0.15) is 29.5 Å². The zero-order valence-electron chi connectivity index (χ0n) is 17.7. The number of hydrogen-bond donors (Lipinski definition) is 1. The van der Waals surface area contributed by atoms with Crippen LogP contribution in [-0.4, -0.2) is 28.3 Å². The van der Waals surface area contributed by atoms with Gasteiger partial charge in [-0.2, -0.15) is 5.10 Å². The fraction of sp³-hybridized carbons (Fsp3) is 0.192. The molecule has 1 aliphatic heterocycles. The van der Waals surface area contributed by atoms with Gasteiger partial charge in [-0.05, 0) is 48.4 Å². The molecule has 164 valence electrons. The maximum absolute atomic E-state index is 13.6. The molecule has 0 aliphatic carbocycles. The summed E-state index contributed by atoms with van der Waals surface area (Å²) in [7, 11) is 0. The Labute approximate surface area is 196 Å². The number of hydrogen-bond acceptors (Lipinski definition) is 3. The number of pyridine rings is 1. The molecule has 0 spiro atoms. The summed E-state index contributed by atoms with van der Waals surface area (Å²) in [4.78, 5) is 10.1. The number of rotatable bonds is 4. The Hall–Kier alpha value is -3.69. The van der Waals surface area contributed by atoms with Crippen molar-refractivity contribution in [1.82, 2.24) is 15.2 Å². The van der Waals surface area contributed by atoms with Crippen molar-refractivity contribution in [1.29, 1.82) is 0 Å². The molecular formula is C26H21ClFN5. The molecule has 1 N–H and O–H groups in total. The molecule has 2 aromatic carbocycles. The van der Waals surface area contributed by atoms with E-state index in [1.165, 1.54) is 12.1 Å². The molecule has 1 fully saturated rings. The Bertz CT molecular complexity index is 1280. The Balaban J connectivity index is 1.45. The van der Waals surface area contributed by atoms with Gasteiger partial charge in [0.1, 0.15) is 11.6 Å². The molecule has 0 unspecified atom stereocenters. The number of benzene rings is 2. The van der Waals surface area contributed by atoms with Crippen molar-refractivity contribution < 1.29 is 4.39 Å². The second-order valence-electron chi connectivity index (χ2n) is 8.20.